The van der Waals surface area contributed by atoms with Gasteiger partial charge >= 0.3 is 43.0 Å². The summed E-state index contributed by atoms with van der Waals surface area (Å²) in [7, 11) is -8.80. The van der Waals surface area contributed by atoms with Gasteiger partial charge < -0.3 is 78.2 Å². The number of hydrogen-bond donors (Lipinski definition) is 0. The smallest absolute Gasteiger partial charge is 0.426 e. The van der Waals surface area contributed by atoms with Crippen molar-refractivity contribution in [3.63, 3.8) is 0 Å². The molecule has 9 aromatic rings. The average Bonchev–Trinajstić information content (AvgIpc) is 0.841. The third-order valence-corrected chi connectivity index (χ3v) is 29.3. The van der Waals surface area contributed by atoms with Gasteiger partial charge in [0.15, 0.2) is 0 Å². The number of benzene rings is 9. The van der Waals surface area contributed by atoms with Crippen LogP contribution in [0, 0.1) is 0 Å². The maximum atomic E-state index is 6.49. The minimum Gasteiger partial charge on any atom is -0.426 e. The van der Waals surface area contributed by atoms with Crippen LogP contribution in [0.5, 0.6) is 51.7 Å². The van der Waals surface area contributed by atoms with Crippen LogP contribution in [0.25, 0.3) is 0 Å². The molecule has 0 amide bonds. The summed E-state index contributed by atoms with van der Waals surface area (Å²) in [6, 6.07) is 72.9. The molecule has 0 radical (unpaired) electrons. The van der Waals surface area contributed by atoms with Crippen LogP contribution in [0.3, 0.4) is 0 Å². The highest BCUT2D eigenvalue weighted by molar-refractivity contribution is 7.43. The summed E-state index contributed by atoms with van der Waals surface area (Å²) in [5.41, 5.74) is 10.2. The fraction of sp³-hybridized carbons (Fsp3) is 0.500. The highest BCUT2D eigenvalue weighted by Crippen LogP contribution is 2.52. The van der Waals surface area contributed by atoms with Crippen molar-refractivity contribution < 1.29 is 96.3 Å². The molecule has 736 valence electrons. The zero-order valence-electron chi connectivity index (χ0n) is 82.9. The Morgan fingerprint density at radius 1 is 0.149 bits per heavy atom. The maximum Gasteiger partial charge on any atom is 0.463 e. The molecule has 0 N–H and O–H groups in total. The Kier molecular flexibility index (Phi) is 54.9. The van der Waals surface area contributed by atoms with E-state index in [0.29, 0.717) is 146 Å². The van der Waals surface area contributed by atoms with Crippen molar-refractivity contribution in [1.82, 2.24) is 0 Å². The lowest BCUT2D eigenvalue weighted by molar-refractivity contribution is 0.0188. The minimum absolute atomic E-state index is 0.263. The molecule has 0 aliphatic carbocycles. The minimum atomic E-state index is -1.78. The third-order valence-electron chi connectivity index (χ3n) is 23.8. The fourth-order valence-electron chi connectivity index (χ4n) is 13.8. The molecule has 26 heteroatoms. The van der Waals surface area contributed by atoms with E-state index in [0.717, 1.165) is 160 Å². The Morgan fingerprint density at radius 2 is 0.254 bits per heavy atom. The van der Waals surface area contributed by atoms with E-state index in [1.807, 2.05) is 164 Å². The lowest BCUT2D eigenvalue weighted by Crippen LogP contribution is -2.13. The van der Waals surface area contributed by atoms with Gasteiger partial charge in [0, 0.05) is 0 Å². The Morgan fingerprint density at radius 3 is 0.381 bits per heavy atom. The first kappa shape index (κ1) is 112. The Labute approximate surface area is 809 Å². The molecule has 0 spiro atoms. The van der Waals surface area contributed by atoms with Crippen LogP contribution in [0.15, 0.2) is 218 Å². The lowest BCUT2D eigenvalue weighted by atomic mass is 9.98. The van der Waals surface area contributed by atoms with E-state index in [-0.39, 0.29) is 26.4 Å². The average molecular weight is 1940 g/mol. The van der Waals surface area contributed by atoms with E-state index >= 15 is 0 Å². The molecule has 0 saturated carbocycles. The summed E-state index contributed by atoms with van der Waals surface area (Å²) in [5, 5.41) is 0. The predicted molar refractivity (Wildman–Crippen MR) is 547 cm³/mol. The Bertz CT molecular complexity index is 4150. The van der Waals surface area contributed by atoms with Crippen LogP contribution < -0.4 is 40.7 Å². The molecule has 0 aliphatic heterocycles. The maximum absolute atomic E-state index is 6.49. The van der Waals surface area contributed by atoms with Gasteiger partial charge in [-0.3, -0.25) is 18.1 Å². The Balaban J connectivity index is 0.000000348. The quantitative estimate of drug-likeness (QED) is 0.0258. The van der Waals surface area contributed by atoms with Crippen molar-refractivity contribution in [2.75, 3.05) is 119 Å². The molecule has 0 aliphatic rings. The summed E-state index contributed by atoms with van der Waals surface area (Å²) in [6.45, 7) is 45.4. The third kappa shape index (κ3) is 39.3. The number of hydrogen-bond acceptors (Lipinski definition) is 21. The van der Waals surface area contributed by atoms with Gasteiger partial charge in [-0.15, -0.1) is 0 Å². The van der Waals surface area contributed by atoms with Crippen LogP contribution in [-0.4, -0.2) is 119 Å². The van der Waals surface area contributed by atoms with E-state index in [9.17, 15) is 0 Å². The normalized spacial score (nSPS) is 14.6. The van der Waals surface area contributed by atoms with E-state index in [2.05, 4.69) is 179 Å². The fourth-order valence-corrected chi connectivity index (χ4v) is 18.8. The van der Waals surface area contributed by atoms with Gasteiger partial charge in [-0.25, -0.2) is 0 Å². The molecular weight excluding hydrogens is 1790 g/mol. The van der Waals surface area contributed by atoms with Crippen molar-refractivity contribution in [2.45, 2.75) is 236 Å². The molecule has 0 saturated heterocycles. The van der Waals surface area contributed by atoms with Gasteiger partial charge in [0.1, 0.15) is 51.7 Å². The van der Waals surface area contributed by atoms with Crippen molar-refractivity contribution in [3.8, 4) is 51.7 Å². The van der Waals surface area contributed by atoms with Crippen LogP contribution >= 0.6 is 43.0 Å². The lowest BCUT2D eigenvalue weighted by Gasteiger charge is -2.23. The standard InChI is InChI=1S/C62H89O13P3.C46H64O8P2/c1-11-48(6)53-26-16-21-31-58(53)71-76(67-44-40-63-36-38-65-42-46-69-77(72-59-32-22-17-27-54(59)49(7)12-2)73-60-33-23-18-28-55(60)50(8)13-3)68-45-41-64-37-39-66-43-47-70-78(74-61-34-24-19-29-56(61)51(9)14-4)75-62-35-25-20-30-57(62)52(10)15-5;1-9-35(5)39-21-13-17-25-43(39)51-55(52-44-26-18-14-22-40(44)36(6)10-2)49-33-31-47-29-30-48-32-34-50-56(53-45-27-19-15-23-41(45)37(7)11-3)54-46-28-20-16-24-42(46)38(8)12-4/h16-35,48-52H,11-15,36-47H2,1-10H3;13-28,35-38H,9-12,29-34H2,1-8H3. The molecule has 0 aromatic heterocycles. The molecule has 9 atom stereocenters. The van der Waals surface area contributed by atoms with Gasteiger partial charge in [-0.2, -0.15) is 0 Å². The summed E-state index contributed by atoms with van der Waals surface area (Å²) in [4.78, 5) is 0. The molecule has 9 aromatic carbocycles. The molecule has 0 fully saturated rings. The summed E-state index contributed by atoms with van der Waals surface area (Å²) >= 11 is 0. The van der Waals surface area contributed by atoms with Gasteiger partial charge in [-0.1, -0.05) is 288 Å². The number of para-hydroxylation sites is 9. The molecule has 9 rings (SSSR count). The highest BCUT2D eigenvalue weighted by atomic mass is 31.2. The van der Waals surface area contributed by atoms with Gasteiger partial charge in [0.2, 0.25) is 0 Å². The molecule has 134 heavy (non-hydrogen) atoms. The van der Waals surface area contributed by atoms with Crippen molar-refractivity contribution >= 4 is 43.0 Å². The van der Waals surface area contributed by atoms with E-state index in [1.165, 1.54) is 0 Å². The van der Waals surface area contributed by atoms with Crippen LogP contribution in [0.2, 0.25) is 0 Å². The van der Waals surface area contributed by atoms with Crippen molar-refractivity contribution in [1.29, 1.82) is 0 Å². The first-order valence-corrected chi connectivity index (χ1v) is 54.0. The predicted octanol–water partition coefficient (Wildman–Crippen LogP) is 31.6. The molecule has 0 bridgehead atoms. The van der Waals surface area contributed by atoms with Crippen molar-refractivity contribution in [3.05, 3.63) is 268 Å². The summed E-state index contributed by atoms with van der Waals surface area (Å²) < 4.78 is 131. The molecule has 9 unspecified atom stereocenters. The molecule has 21 nitrogen and oxygen atoms in total. The summed E-state index contributed by atoms with van der Waals surface area (Å²) in [6.07, 6.45) is 8.93. The van der Waals surface area contributed by atoms with Gasteiger partial charge in [-0.05, 0) is 216 Å². The number of rotatable bonds is 69. The van der Waals surface area contributed by atoms with E-state index in [1.54, 1.807) is 0 Å². The SMILES string of the molecule is CCC(C)c1ccccc1OP(OCCOCCOCCOP(Oc1ccccc1C(C)CC)Oc1ccccc1C(C)CC)OCCOCCOCCOP(Oc1ccccc1C(C)CC)Oc1ccccc1C(C)CC.CCC(C)c1ccccc1OP(OCCOCCOCCOP(Oc1ccccc1C(C)CC)Oc1ccccc1C(C)CC)Oc1ccccc1C(C)CC. The zero-order valence-corrected chi connectivity index (χ0v) is 87.4. The first-order valence-electron chi connectivity index (χ1n) is 48.6. The van der Waals surface area contributed by atoms with Crippen LogP contribution in [0.1, 0.15) is 286 Å². The Hall–Kier alpha value is -7.15. The zero-order chi connectivity index (χ0) is 95.9. The van der Waals surface area contributed by atoms with Gasteiger partial charge in [0.25, 0.3) is 0 Å². The first-order chi connectivity index (χ1) is 65.4. The molecular formula is C108H153O21P5. The second-order valence-electron chi connectivity index (χ2n) is 33.2. The van der Waals surface area contributed by atoms with Crippen LogP contribution in [-0.2, 0) is 55.6 Å². The summed E-state index contributed by atoms with van der Waals surface area (Å²) in [5.74, 6) is 9.90. The second-order valence-corrected chi connectivity index (χ2v) is 38.7. The second kappa shape index (κ2) is 65.7. The van der Waals surface area contributed by atoms with E-state index < -0.39 is 43.0 Å². The van der Waals surface area contributed by atoms with Crippen LogP contribution in [0.4, 0.5) is 0 Å². The highest BCUT2D eigenvalue weighted by Gasteiger charge is 2.30. The number of ether oxygens (including phenoxy) is 6. The topological polar surface area (TPSA) is 194 Å². The van der Waals surface area contributed by atoms with Gasteiger partial charge in [0.05, 0.1) is 119 Å². The monoisotopic (exact) mass is 1940 g/mol. The van der Waals surface area contributed by atoms with E-state index in [4.69, 9.17) is 96.3 Å². The van der Waals surface area contributed by atoms with Crippen molar-refractivity contribution in [2.24, 2.45) is 0 Å². The molecule has 0 heterocycles. The largest absolute Gasteiger partial charge is 0.463 e.